The van der Waals surface area contributed by atoms with E-state index in [0.29, 0.717) is 38.2 Å². The van der Waals surface area contributed by atoms with Crippen LogP contribution in [-0.4, -0.2) is 52.8 Å². The van der Waals surface area contributed by atoms with Gasteiger partial charge in [0, 0.05) is 50.4 Å². The summed E-state index contributed by atoms with van der Waals surface area (Å²) in [6, 6.07) is 2.94. The van der Waals surface area contributed by atoms with E-state index in [-0.39, 0.29) is 17.4 Å². The molecule has 1 aromatic rings. The number of hydrogen-bond donors (Lipinski definition) is 1. The molecule has 6 heteroatoms. The first-order valence-corrected chi connectivity index (χ1v) is 9.39. The maximum absolute atomic E-state index is 12.4. The van der Waals surface area contributed by atoms with Crippen molar-refractivity contribution in [3.63, 3.8) is 0 Å². The molecule has 1 aliphatic heterocycles. The summed E-state index contributed by atoms with van der Waals surface area (Å²) < 4.78 is 0. The lowest BCUT2D eigenvalue weighted by Crippen LogP contribution is -2.50. The quantitative estimate of drug-likeness (QED) is 0.907. The number of pyridine rings is 1. The molecular formula is C19H27N3O3. The Morgan fingerprint density at radius 2 is 1.72 bits per heavy atom. The Morgan fingerprint density at radius 1 is 1.04 bits per heavy atom. The summed E-state index contributed by atoms with van der Waals surface area (Å²) in [5.41, 5.74) is 0.128. The van der Waals surface area contributed by atoms with E-state index < -0.39 is 0 Å². The molecule has 0 spiro atoms. The lowest BCUT2D eigenvalue weighted by molar-refractivity contribution is -0.133. The average molecular weight is 345 g/mol. The van der Waals surface area contributed by atoms with Gasteiger partial charge in [0.1, 0.15) is 0 Å². The maximum atomic E-state index is 12.4. The standard InChI is InChI=1S/C19H27N3O3/c23-17-14-16(8-9-20-17)19(25)22-12-10-21(11-13-22)18(24)7-6-15-4-2-1-3-5-15/h8-9,14-15H,1-7,10-13H2,(H,20,23). The van der Waals surface area contributed by atoms with Crippen molar-refractivity contribution in [1.82, 2.24) is 14.8 Å². The fraction of sp³-hybridized carbons (Fsp3) is 0.632. The van der Waals surface area contributed by atoms with Crippen LogP contribution in [0.3, 0.4) is 0 Å². The van der Waals surface area contributed by atoms with Crippen molar-refractivity contribution in [3.8, 4) is 0 Å². The molecule has 2 amide bonds. The fourth-order valence-electron chi connectivity index (χ4n) is 3.88. The molecule has 2 aliphatic rings. The number of H-pyrrole nitrogens is 1. The van der Waals surface area contributed by atoms with Crippen molar-refractivity contribution < 1.29 is 9.59 Å². The summed E-state index contributed by atoms with van der Waals surface area (Å²) >= 11 is 0. The molecular weight excluding hydrogens is 318 g/mol. The van der Waals surface area contributed by atoms with Gasteiger partial charge < -0.3 is 14.8 Å². The lowest BCUT2D eigenvalue weighted by Gasteiger charge is -2.35. The van der Waals surface area contributed by atoms with Crippen LogP contribution in [0.1, 0.15) is 55.3 Å². The number of carbonyl (C=O) groups excluding carboxylic acids is 2. The highest BCUT2D eigenvalue weighted by atomic mass is 16.2. The fourth-order valence-corrected chi connectivity index (χ4v) is 3.88. The summed E-state index contributed by atoms with van der Waals surface area (Å²) in [5, 5.41) is 0. The van der Waals surface area contributed by atoms with Crippen LogP contribution in [0.15, 0.2) is 23.1 Å². The number of rotatable bonds is 4. The molecule has 0 unspecified atom stereocenters. The van der Waals surface area contributed by atoms with E-state index >= 15 is 0 Å². The Kier molecular flexibility index (Phi) is 5.89. The molecule has 1 N–H and O–H groups in total. The summed E-state index contributed by atoms with van der Waals surface area (Å²) in [5.74, 6) is 0.797. The molecule has 0 radical (unpaired) electrons. The molecule has 2 fully saturated rings. The number of amides is 2. The third-order valence-electron chi connectivity index (χ3n) is 5.43. The zero-order valence-electron chi connectivity index (χ0n) is 14.7. The molecule has 1 saturated carbocycles. The van der Waals surface area contributed by atoms with Crippen LogP contribution in [0.25, 0.3) is 0 Å². The Balaban J connectivity index is 1.45. The van der Waals surface area contributed by atoms with E-state index in [1.807, 2.05) is 4.90 Å². The minimum atomic E-state index is -0.276. The van der Waals surface area contributed by atoms with Gasteiger partial charge in [-0.2, -0.15) is 0 Å². The van der Waals surface area contributed by atoms with E-state index in [1.165, 1.54) is 44.4 Å². The van der Waals surface area contributed by atoms with E-state index in [0.717, 1.165) is 12.3 Å². The van der Waals surface area contributed by atoms with Crippen molar-refractivity contribution in [2.75, 3.05) is 26.2 Å². The molecule has 1 aliphatic carbocycles. The number of aromatic amines is 1. The predicted molar refractivity (Wildman–Crippen MR) is 95.4 cm³/mol. The van der Waals surface area contributed by atoms with Crippen LogP contribution < -0.4 is 5.56 Å². The molecule has 0 bridgehead atoms. The molecule has 2 heterocycles. The SMILES string of the molecule is O=C(CCC1CCCCC1)N1CCN(C(=O)c2cc[nH]c(=O)c2)CC1. The smallest absolute Gasteiger partial charge is 0.254 e. The molecule has 0 atom stereocenters. The molecule has 3 rings (SSSR count). The Bertz CT molecular complexity index is 656. The van der Waals surface area contributed by atoms with Gasteiger partial charge >= 0.3 is 0 Å². The molecule has 1 saturated heterocycles. The van der Waals surface area contributed by atoms with Gasteiger partial charge in [-0.15, -0.1) is 0 Å². The monoisotopic (exact) mass is 345 g/mol. The number of nitrogens with one attached hydrogen (secondary N) is 1. The van der Waals surface area contributed by atoms with Gasteiger partial charge in [0.15, 0.2) is 0 Å². The van der Waals surface area contributed by atoms with Crippen LogP contribution in [0, 0.1) is 5.92 Å². The summed E-state index contributed by atoms with van der Waals surface area (Å²) in [6.07, 6.45) is 9.62. The molecule has 25 heavy (non-hydrogen) atoms. The van der Waals surface area contributed by atoms with Gasteiger partial charge in [-0.05, 0) is 18.4 Å². The molecule has 136 valence electrons. The van der Waals surface area contributed by atoms with Crippen LogP contribution >= 0.6 is 0 Å². The Hall–Kier alpha value is -2.11. The summed E-state index contributed by atoms with van der Waals surface area (Å²) in [4.78, 5) is 42.3. The first-order valence-electron chi connectivity index (χ1n) is 9.39. The second-order valence-corrected chi connectivity index (χ2v) is 7.16. The van der Waals surface area contributed by atoms with Crippen molar-refractivity contribution in [3.05, 3.63) is 34.2 Å². The minimum Gasteiger partial charge on any atom is -0.339 e. The van der Waals surface area contributed by atoms with E-state index in [9.17, 15) is 14.4 Å². The molecule has 0 aromatic carbocycles. The lowest BCUT2D eigenvalue weighted by atomic mass is 9.86. The van der Waals surface area contributed by atoms with E-state index in [1.54, 1.807) is 11.0 Å². The number of carbonyl (C=O) groups is 2. The third-order valence-corrected chi connectivity index (χ3v) is 5.43. The Labute approximate surface area is 148 Å². The van der Waals surface area contributed by atoms with Crippen molar-refractivity contribution >= 4 is 11.8 Å². The maximum Gasteiger partial charge on any atom is 0.254 e. The first-order chi connectivity index (χ1) is 12.1. The van der Waals surface area contributed by atoms with Gasteiger partial charge in [0.25, 0.3) is 5.91 Å². The van der Waals surface area contributed by atoms with Crippen LogP contribution in [0.5, 0.6) is 0 Å². The van der Waals surface area contributed by atoms with Gasteiger partial charge in [-0.1, -0.05) is 32.1 Å². The van der Waals surface area contributed by atoms with Crippen molar-refractivity contribution in [2.24, 2.45) is 5.92 Å². The largest absolute Gasteiger partial charge is 0.339 e. The summed E-state index contributed by atoms with van der Waals surface area (Å²) in [6.45, 7) is 2.22. The van der Waals surface area contributed by atoms with Gasteiger partial charge in [0.2, 0.25) is 11.5 Å². The van der Waals surface area contributed by atoms with Crippen LogP contribution in [0.4, 0.5) is 0 Å². The topological polar surface area (TPSA) is 73.5 Å². The highest BCUT2D eigenvalue weighted by molar-refractivity contribution is 5.94. The van der Waals surface area contributed by atoms with Crippen LogP contribution in [0.2, 0.25) is 0 Å². The number of hydrogen-bond acceptors (Lipinski definition) is 3. The van der Waals surface area contributed by atoms with Crippen molar-refractivity contribution in [2.45, 2.75) is 44.9 Å². The second-order valence-electron chi connectivity index (χ2n) is 7.16. The zero-order chi connectivity index (χ0) is 17.6. The van der Waals surface area contributed by atoms with Crippen molar-refractivity contribution in [1.29, 1.82) is 0 Å². The first kappa shape index (κ1) is 17.7. The number of aromatic nitrogens is 1. The normalized spacial score (nSPS) is 19.0. The minimum absolute atomic E-state index is 0.139. The van der Waals surface area contributed by atoms with E-state index in [2.05, 4.69) is 4.98 Å². The second kappa shape index (κ2) is 8.32. The average Bonchev–Trinajstić information content (AvgIpc) is 2.66. The number of nitrogens with zero attached hydrogens (tertiary/aromatic N) is 2. The highest BCUT2D eigenvalue weighted by Crippen LogP contribution is 2.27. The molecule has 1 aromatic heterocycles. The molecule has 6 nitrogen and oxygen atoms in total. The van der Waals surface area contributed by atoms with E-state index in [4.69, 9.17) is 0 Å². The Morgan fingerprint density at radius 3 is 2.40 bits per heavy atom. The third kappa shape index (κ3) is 4.71. The summed E-state index contributed by atoms with van der Waals surface area (Å²) in [7, 11) is 0. The zero-order valence-corrected chi connectivity index (χ0v) is 14.7. The predicted octanol–water partition coefficient (Wildman–Crippen LogP) is 2.02. The van der Waals surface area contributed by atoms with Crippen LogP contribution in [-0.2, 0) is 4.79 Å². The van der Waals surface area contributed by atoms with Gasteiger partial charge in [0.05, 0.1) is 0 Å². The van der Waals surface area contributed by atoms with Gasteiger partial charge in [-0.3, -0.25) is 14.4 Å². The number of piperazine rings is 1. The highest BCUT2D eigenvalue weighted by Gasteiger charge is 2.25. The van der Waals surface area contributed by atoms with Gasteiger partial charge in [-0.25, -0.2) is 0 Å².